The number of aliphatic hydroxyl groups is 1. The van der Waals surface area contributed by atoms with Gasteiger partial charge >= 0.3 is 11.8 Å². The summed E-state index contributed by atoms with van der Waals surface area (Å²) in [6, 6.07) is 0. The third kappa shape index (κ3) is 0.466. The van der Waals surface area contributed by atoms with E-state index in [0.717, 1.165) is 0 Å². The Bertz CT molecular complexity index is 158. The molecule has 0 bridgehead atoms. The van der Waals surface area contributed by atoms with Crippen molar-refractivity contribution in [1.82, 2.24) is 0 Å². The van der Waals surface area contributed by atoms with Gasteiger partial charge in [0.05, 0.1) is 0 Å². The monoisotopic (exact) mass is 99.0 g/mol. The number of carbonyl (C=O) groups excluding carboxylic acids is 1. The SMILES string of the molecule is O=C1N=NN=C1O. The van der Waals surface area contributed by atoms with Gasteiger partial charge < -0.3 is 5.11 Å². The van der Waals surface area contributed by atoms with E-state index in [0.29, 0.717) is 0 Å². The molecule has 0 aliphatic carbocycles. The summed E-state index contributed by atoms with van der Waals surface area (Å²) in [4.78, 5) is 9.93. The van der Waals surface area contributed by atoms with Crippen LogP contribution in [0.5, 0.6) is 0 Å². The third-order valence-corrected chi connectivity index (χ3v) is 0.466. The highest BCUT2D eigenvalue weighted by Gasteiger charge is 2.11. The molecule has 1 N–H and O–H groups in total. The third-order valence-electron chi connectivity index (χ3n) is 0.466. The van der Waals surface area contributed by atoms with Crippen LogP contribution in [0.25, 0.3) is 0 Å². The summed E-state index contributed by atoms with van der Waals surface area (Å²) in [5.41, 5.74) is 0. The van der Waals surface area contributed by atoms with Crippen LogP contribution >= 0.6 is 0 Å². The van der Waals surface area contributed by atoms with Crippen LogP contribution in [-0.4, -0.2) is 16.9 Å². The zero-order valence-electron chi connectivity index (χ0n) is 3.20. The molecule has 0 saturated carbocycles. The van der Waals surface area contributed by atoms with Gasteiger partial charge in [-0.2, -0.15) is 0 Å². The van der Waals surface area contributed by atoms with E-state index in [1.54, 1.807) is 0 Å². The summed E-state index contributed by atoms with van der Waals surface area (Å²) in [5.74, 6) is -1.42. The molecule has 5 nitrogen and oxygen atoms in total. The molecule has 0 aromatic rings. The van der Waals surface area contributed by atoms with Gasteiger partial charge in [-0.3, -0.25) is 4.79 Å². The zero-order chi connectivity index (χ0) is 5.28. The van der Waals surface area contributed by atoms with Crippen LogP contribution < -0.4 is 0 Å². The molecule has 0 spiro atoms. The smallest absolute Gasteiger partial charge is 0.353 e. The van der Waals surface area contributed by atoms with Gasteiger partial charge in [-0.05, 0) is 5.22 Å². The number of hydrogen-bond acceptors (Lipinski definition) is 3. The average Bonchev–Trinajstić information content (AvgIpc) is 1.91. The fourth-order valence-electron chi connectivity index (χ4n) is 0.193. The first-order valence-corrected chi connectivity index (χ1v) is 1.52. The molecule has 1 aliphatic rings. The molecule has 0 atom stereocenters. The maximum absolute atomic E-state index is 9.93. The molecular formula is C2HN3O2. The number of amides is 1. The van der Waals surface area contributed by atoms with Crippen molar-refractivity contribution < 1.29 is 9.90 Å². The van der Waals surface area contributed by atoms with Gasteiger partial charge in [-0.1, -0.05) is 10.2 Å². The Morgan fingerprint density at radius 2 is 2.29 bits per heavy atom. The largest absolute Gasteiger partial charge is 0.488 e. The Kier molecular flexibility index (Phi) is 0.619. The lowest BCUT2D eigenvalue weighted by molar-refractivity contribution is -0.112. The second kappa shape index (κ2) is 1.11. The van der Waals surface area contributed by atoms with Crippen molar-refractivity contribution in [1.29, 1.82) is 0 Å². The highest BCUT2D eigenvalue weighted by molar-refractivity contribution is 6.35. The highest BCUT2D eigenvalue weighted by atomic mass is 16.3. The summed E-state index contributed by atoms with van der Waals surface area (Å²) in [5, 5.41) is 16.8. The fraction of sp³-hybridized carbons (Fsp3) is 0. The van der Waals surface area contributed by atoms with E-state index in [1.807, 2.05) is 0 Å². The van der Waals surface area contributed by atoms with Gasteiger partial charge in [0.15, 0.2) is 0 Å². The standard InChI is InChI=1S/C2HN3O2/c6-1-2(7)4-5-3-1/h(H,3,4,6,7). The molecule has 1 heterocycles. The van der Waals surface area contributed by atoms with Crippen molar-refractivity contribution in [3.8, 4) is 0 Å². The number of nitrogens with zero attached hydrogens (tertiary/aromatic N) is 3. The molecule has 0 aromatic heterocycles. The fourth-order valence-corrected chi connectivity index (χ4v) is 0.193. The maximum Gasteiger partial charge on any atom is 0.353 e. The first kappa shape index (κ1) is 3.91. The summed E-state index contributed by atoms with van der Waals surface area (Å²) in [7, 11) is 0. The minimum Gasteiger partial charge on any atom is -0.488 e. The molecule has 1 aliphatic heterocycles. The van der Waals surface area contributed by atoms with Gasteiger partial charge in [0.25, 0.3) is 0 Å². The predicted molar refractivity (Wildman–Crippen MR) is 19.9 cm³/mol. The second-order valence-electron chi connectivity index (χ2n) is 0.918. The first-order valence-electron chi connectivity index (χ1n) is 1.52. The Morgan fingerprint density at radius 1 is 1.57 bits per heavy atom. The molecule has 5 heteroatoms. The summed E-state index contributed by atoms with van der Waals surface area (Å²) in [6.07, 6.45) is 0. The predicted octanol–water partition coefficient (Wildman–Crippen LogP) is -0.150. The number of rotatable bonds is 0. The molecule has 0 radical (unpaired) electrons. The minimum atomic E-state index is -0.778. The van der Waals surface area contributed by atoms with E-state index in [4.69, 9.17) is 5.11 Å². The first-order chi connectivity index (χ1) is 3.30. The maximum atomic E-state index is 9.93. The second-order valence-corrected chi connectivity index (χ2v) is 0.918. The van der Waals surface area contributed by atoms with Crippen molar-refractivity contribution in [3.05, 3.63) is 0 Å². The van der Waals surface area contributed by atoms with E-state index in [-0.39, 0.29) is 0 Å². The Balaban J connectivity index is 2.89. The zero-order valence-corrected chi connectivity index (χ0v) is 3.20. The number of aliphatic hydroxyl groups excluding tert-OH is 1. The van der Waals surface area contributed by atoms with Crippen LogP contribution in [0.4, 0.5) is 0 Å². The highest BCUT2D eigenvalue weighted by Crippen LogP contribution is 1.91. The number of hydrogen-bond donors (Lipinski definition) is 1. The average molecular weight is 99.0 g/mol. The van der Waals surface area contributed by atoms with Gasteiger partial charge in [0.2, 0.25) is 0 Å². The topological polar surface area (TPSA) is 74.4 Å². The van der Waals surface area contributed by atoms with Crippen molar-refractivity contribution in [2.75, 3.05) is 0 Å². The van der Waals surface area contributed by atoms with Gasteiger partial charge in [-0.25, -0.2) is 0 Å². The van der Waals surface area contributed by atoms with E-state index in [1.165, 1.54) is 0 Å². The van der Waals surface area contributed by atoms with Gasteiger partial charge in [-0.15, -0.1) is 0 Å². The van der Waals surface area contributed by atoms with Gasteiger partial charge in [0, 0.05) is 0 Å². The lowest BCUT2D eigenvalue weighted by Gasteiger charge is -1.72. The van der Waals surface area contributed by atoms with Crippen molar-refractivity contribution >= 4 is 11.8 Å². The summed E-state index contributed by atoms with van der Waals surface area (Å²) < 4.78 is 0. The van der Waals surface area contributed by atoms with Crippen LogP contribution in [0.1, 0.15) is 0 Å². The molecule has 0 aromatic carbocycles. The van der Waals surface area contributed by atoms with Crippen molar-refractivity contribution in [3.63, 3.8) is 0 Å². The molecule has 36 valence electrons. The number of carbonyl (C=O) groups is 1. The van der Waals surface area contributed by atoms with E-state index in [9.17, 15) is 4.79 Å². The lowest BCUT2D eigenvalue weighted by Crippen LogP contribution is -2.04. The van der Waals surface area contributed by atoms with Crippen LogP contribution in [0.3, 0.4) is 0 Å². The molecule has 0 saturated heterocycles. The molecule has 0 unspecified atom stereocenters. The Morgan fingerprint density at radius 3 is 2.43 bits per heavy atom. The van der Waals surface area contributed by atoms with Crippen molar-refractivity contribution in [2.24, 2.45) is 15.4 Å². The van der Waals surface area contributed by atoms with Crippen LogP contribution in [-0.2, 0) is 4.79 Å². The normalized spacial score (nSPS) is 17.7. The van der Waals surface area contributed by atoms with E-state index < -0.39 is 11.8 Å². The molecule has 0 fully saturated rings. The van der Waals surface area contributed by atoms with Crippen LogP contribution in [0, 0.1) is 0 Å². The van der Waals surface area contributed by atoms with Gasteiger partial charge in [0.1, 0.15) is 0 Å². The minimum absolute atomic E-state index is 0.639. The van der Waals surface area contributed by atoms with E-state index in [2.05, 4.69) is 15.4 Å². The lowest BCUT2D eigenvalue weighted by atomic mass is 10.6. The Labute approximate surface area is 38.4 Å². The van der Waals surface area contributed by atoms with E-state index >= 15 is 0 Å². The van der Waals surface area contributed by atoms with Crippen LogP contribution in [0.15, 0.2) is 15.4 Å². The Hall–Kier alpha value is -1.26. The molecular weight excluding hydrogens is 98.0 g/mol. The molecule has 7 heavy (non-hydrogen) atoms. The molecule has 1 amide bonds. The molecule has 1 rings (SSSR count). The van der Waals surface area contributed by atoms with Crippen molar-refractivity contribution in [2.45, 2.75) is 0 Å². The summed E-state index contributed by atoms with van der Waals surface area (Å²) in [6.45, 7) is 0. The quantitative estimate of drug-likeness (QED) is 0.458. The van der Waals surface area contributed by atoms with Crippen LogP contribution in [0.2, 0.25) is 0 Å². The summed E-state index contributed by atoms with van der Waals surface area (Å²) >= 11 is 0.